The van der Waals surface area contributed by atoms with E-state index in [2.05, 4.69) is 24.1 Å². The number of unbranched alkanes of at least 4 members (excludes halogenated alkanes) is 2. The second-order valence-corrected chi connectivity index (χ2v) is 9.49. The van der Waals surface area contributed by atoms with Crippen molar-refractivity contribution in [3.63, 3.8) is 0 Å². The molecule has 0 aliphatic heterocycles. The molecular weight excluding hydrogens is 470 g/mol. The SMILES string of the molecule is CCCCCC1CCc2c(cc(F)c(-c3ccc(-c4cc(F)c(N=C=S)c(F)c4)c(C)c3)c2F)C1. The van der Waals surface area contributed by atoms with E-state index >= 15 is 8.78 Å². The standard InChI is InChI=1S/C29H27F4NS/c1-3-4-5-6-18-7-9-23-20(12-18)13-24(30)27(28(23)33)19-8-10-22(17(2)11-19)21-14-25(31)29(34-16-35)26(32)15-21/h8,10-11,13-15,18H,3-7,9,12H2,1-2H3. The zero-order chi connectivity index (χ0) is 25.1. The molecule has 35 heavy (non-hydrogen) atoms. The molecule has 3 aromatic rings. The summed E-state index contributed by atoms with van der Waals surface area (Å²) in [5, 5.41) is 1.96. The van der Waals surface area contributed by atoms with Crippen molar-refractivity contribution in [2.45, 2.75) is 58.8 Å². The normalized spacial score (nSPS) is 15.0. The second kappa shape index (κ2) is 10.8. The fourth-order valence-corrected chi connectivity index (χ4v) is 5.22. The van der Waals surface area contributed by atoms with Crippen LogP contribution in [0.3, 0.4) is 0 Å². The third kappa shape index (κ3) is 5.24. The van der Waals surface area contributed by atoms with Gasteiger partial charge in [0.15, 0.2) is 11.6 Å². The smallest absolute Gasteiger partial charge is 0.153 e. The van der Waals surface area contributed by atoms with Gasteiger partial charge in [0.05, 0.1) is 10.7 Å². The molecule has 0 fully saturated rings. The second-order valence-electron chi connectivity index (χ2n) is 9.31. The van der Waals surface area contributed by atoms with Crippen molar-refractivity contribution < 1.29 is 17.6 Å². The predicted molar refractivity (Wildman–Crippen MR) is 136 cm³/mol. The Bertz CT molecular complexity index is 1290. The maximum absolute atomic E-state index is 15.5. The van der Waals surface area contributed by atoms with Crippen LogP contribution in [-0.2, 0) is 12.8 Å². The van der Waals surface area contributed by atoms with Crippen molar-refractivity contribution in [2.75, 3.05) is 0 Å². The van der Waals surface area contributed by atoms with Crippen LogP contribution in [0.25, 0.3) is 22.3 Å². The van der Waals surface area contributed by atoms with Crippen molar-refractivity contribution >= 4 is 23.1 Å². The number of hydrogen-bond donors (Lipinski definition) is 0. The number of nitrogens with zero attached hydrogens (tertiary/aromatic N) is 1. The van der Waals surface area contributed by atoms with Gasteiger partial charge in [-0.05, 0) is 95.9 Å². The molecule has 1 nitrogen and oxygen atoms in total. The molecule has 0 bridgehead atoms. The molecule has 182 valence electrons. The fraction of sp³-hybridized carbons (Fsp3) is 0.345. The molecule has 1 aliphatic carbocycles. The molecule has 1 aliphatic rings. The number of thiocarbonyl (C=S) groups is 1. The number of aliphatic imine (C=N–C) groups is 1. The lowest BCUT2D eigenvalue weighted by atomic mass is 9.79. The summed E-state index contributed by atoms with van der Waals surface area (Å²) in [6.07, 6.45) is 6.83. The van der Waals surface area contributed by atoms with Gasteiger partial charge in [-0.1, -0.05) is 50.8 Å². The number of hydrogen-bond acceptors (Lipinski definition) is 2. The first-order valence-electron chi connectivity index (χ1n) is 12.0. The van der Waals surface area contributed by atoms with Gasteiger partial charge < -0.3 is 0 Å². The minimum Gasteiger partial charge on any atom is -0.206 e. The molecule has 0 amide bonds. The zero-order valence-corrected chi connectivity index (χ0v) is 20.7. The lowest BCUT2D eigenvalue weighted by Crippen LogP contribution is -2.17. The highest BCUT2D eigenvalue weighted by molar-refractivity contribution is 7.78. The Kier molecular flexibility index (Phi) is 7.83. The molecule has 1 unspecified atom stereocenters. The third-order valence-electron chi connectivity index (χ3n) is 6.94. The van der Waals surface area contributed by atoms with Crippen molar-refractivity contribution in [1.29, 1.82) is 0 Å². The van der Waals surface area contributed by atoms with Crippen molar-refractivity contribution in [1.82, 2.24) is 0 Å². The van der Waals surface area contributed by atoms with Crippen LogP contribution >= 0.6 is 12.2 Å². The van der Waals surface area contributed by atoms with Crippen LogP contribution < -0.4 is 0 Å². The van der Waals surface area contributed by atoms with E-state index in [0.29, 0.717) is 46.6 Å². The molecular formula is C29H27F4NS. The number of rotatable bonds is 7. The summed E-state index contributed by atoms with van der Waals surface area (Å²) in [7, 11) is 0. The molecule has 0 radical (unpaired) electrons. The van der Waals surface area contributed by atoms with Crippen molar-refractivity contribution in [3.8, 4) is 22.3 Å². The largest absolute Gasteiger partial charge is 0.206 e. The average Bonchev–Trinajstić information content (AvgIpc) is 2.81. The van der Waals surface area contributed by atoms with Gasteiger partial charge in [-0.25, -0.2) is 17.6 Å². The maximum Gasteiger partial charge on any atom is 0.153 e. The molecule has 6 heteroatoms. The summed E-state index contributed by atoms with van der Waals surface area (Å²) in [5.74, 6) is -2.33. The quantitative estimate of drug-likeness (QED) is 0.137. The van der Waals surface area contributed by atoms with Gasteiger partial charge in [-0.3, -0.25) is 0 Å². The maximum atomic E-state index is 15.5. The Morgan fingerprint density at radius 1 is 0.971 bits per heavy atom. The highest BCUT2D eigenvalue weighted by Crippen LogP contribution is 2.38. The van der Waals surface area contributed by atoms with Gasteiger partial charge in [0.1, 0.15) is 17.3 Å². The zero-order valence-electron chi connectivity index (χ0n) is 19.9. The Balaban J connectivity index is 1.66. The van der Waals surface area contributed by atoms with Gasteiger partial charge >= 0.3 is 0 Å². The molecule has 0 saturated heterocycles. The minimum absolute atomic E-state index is 0.0501. The third-order valence-corrected chi connectivity index (χ3v) is 7.03. The predicted octanol–water partition coefficient (Wildman–Crippen LogP) is 9.30. The molecule has 0 heterocycles. The first kappa shape index (κ1) is 25.3. The fourth-order valence-electron chi connectivity index (χ4n) is 5.13. The highest BCUT2D eigenvalue weighted by Gasteiger charge is 2.26. The van der Waals surface area contributed by atoms with Crippen LogP contribution in [0, 0.1) is 36.1 Å². The van der Waals surface area contributed by atoms with E-state index in [4.69, 9.17) is 0 Å². The molecule has 3 aromatic carbocycles. The van der Waals surface area contributed by atoms with E-state index in [-0.39, 0.29) is 5.56 Å². The lowest BCUT2D eigenvalue weighted by Gasteiger charge is -2.26. The molecule has 0 saturated carbocycles. The Labute approximate surface area is 208 Å². The minimum atomic E-state index is -0.861. The number of isothiocyanates is 1. The number of aryl methyl sites for hydroxylation is 1. The highest BCUT2D eigenvalue weighted by atomic mass is 32.1. The molecule has 0 N–H and O–H groups in total. The van der Waals surface area contributed by atoms with Gasteiger partial charge in [0, 0.05) is 0 Å². The molecule has 0 spiro atoms. The Morgan fingerprint density at radius 2 is 1.71 bits per heavy atom. The lowest BCUT2D eigenvalue weighted by molar-refractivity contribution is 0.399. The van der Waals surface area contributed by atoms with Crippen LogP contribution in [-0.4, -0.2) is 5.16 Å². The molecule has 4 rings (SSSR count). The number of halogens is 4. The average molecular weight is 498 g/mol. The van der Waals surface area contributed by atoms with Gasteiger partial charge in [0.25, 0.3) is 0 Å². The van der Waals surface area contributed by atoms with Gasteiger partial charge in [0.2, 0.25) is 0 Å². The molecule has 0 aromatic heterocycles. The van der Waals surface area contributed by atoms with Gasteiger partial charge in [-0.15, -0.1) is 0 Å². The van der Waals surface area contributed by atoms with Crippen LogP contribution in [0.15, 0.2) is 41.4 Å². The topological polar surface area (TPSA) is 12.4 Å². The van der Waals surface area contributed by atoms with E-state index in [1.165, 1.54) is 12.5 Å². The summed E-state index contributed by atoms with van der Waals surface area (Å²) in [5.41, 5.74) is 2.72. The van der Waals surface area contributed by atoms with Crippen LogP contribution in [0.5, 0.6) is 0 Å². The summed E-state index contributed by atoms with van der Waals surface area (Å²) < 4.78 is 59.4. The number of benzene rings is 3. The monoisotopic (exact) mass is 497 g/mol. The Morgan fingerprint density at radius 3 is 2.37 bits per heavy atom. The summed E-state index contributed by atoms with van der Waals surface area (Å²) in [4.78, 5) is 3.43. The summed E-state index contributed by atoms with van der Waals surface area (Å²) in [6, 6.07) is 8.68. The van der Waals surface area contributed by atoms with E-state index in [1.54, 1.807) is 25.1 Å². The van der Waals surface area contributed by atoms with E-state index in [0.717, 1.165) is 43.4 Å². The van der Waals surface area contributed by atoms with Gasteiger partial charge in [-0.2, -0.15) is 4.99 Å². The number of fused-ring (bicyclic) bond motifs is 1. The summed E-state index contributed by atoms with van der Waals surface area (Å²) >= 11 is 4.44. The van der Waals surface area contributed by atoms with Crippen molar-refractivity contribution in [2.24, 2.45) is 10.9 Å². The van der Waals surface area contributed by atoms with Crippen LogP contribution in [0.1, 0.15) is 55.7 Å². The van der Waals surface area contributed by atoms with Crippen LogP contribution in [0.4, 0.5) is 23.2 Å². The van der Waals surface area contributed by atoms with Crippen LogP contribution in [0.2, 0.25) is 0 Å². The van der Waals surface area contributed by atoms with Crippen molar-refractivity contribution in [3.05, 3.63) is 76.4 Å². The van der Waals surface area contributed by atoms with E-state index < -0.39 is 29.0 Å². The Hall–Kier alpha value is -2.82. The first-order valence-corrected chi connectivity index (χ1v) is 12.4. The summed E-state index contributed by atoms with van der Waals surface area (Å²) in [6.45, 7) is 3.91. The molecule has 1 atom stereocenters. The first-order chi connectivity index (χ1) is 16.8. The van der Waals surface area contributed by atoms with E-state index in [1.807, 2.05) is 5.16 Å². The van der Waals surface area contributed by atoms with E-state index in [9.17, 15) is 8.78 Å².